The van der Waals surface area contributed by atoms with Crippen LogP contribution in [-0.4, -0.2) is 25.2 Å². The Balaban J connectivity index is 1.72. The molecule has 34 heavy (non-hydrogen) atoms. The Kier molecular flexibility index (Phi) is 6.96. The minimum Gasteiger partial charge on any atom is -0.478 e. The van der Waals surface area contributed by atoms with Crippen molar-refractivity contribution in [2.24, 2.45) is 5.92 Å². The largest absolute Gasteiger partial charge is 0.478 e. The number of carboxylic acids is 1. The summed E-state index contributed by atoms with van der Waals surface area (Å²) in [6.07, 6.45) is 4.71. The van der Waals surface area contributed by atoms with E-state index in [4.69, 9.17) is 4.98 Å². The number of aromatic carboxylic acids is 1. The van der Waals surface area contributed by atoms with E-state index in [0.29, 0.717) is 23.5 Å². The number of nitrogens with zero attached hydrogens (tertiary/aromatic N) is 3. The summed E-state index contributed by atoms with van der Waals surface area (Å²) >= 11 is 0. The summed E-state index contributed by atoms with van der Waals surface area (Å²) in [7, 11) is 0. The van der Waals surface area contributed by atoms with Crippen molar-refractivity contribution in [3.63, 3.8) is 0 Å². The van der Waals surface area contributed by atoms with Crippen molar-refractivity contribution in [2.45, 2.75) is 53.1 Å². The second-order valence-electron chi connectivity index (χ2n) is 9.17. The Bertz CT molecular complexity index is 1360. The van der Waals surface area contributed by atoms with Crippen LogP contribution in [0.4, 0.5) is 0 Å². The van der Waals surface area contributed by atoms with E-state index >= 15 is 0 Å². The molecule has 0 radical (unpaired) electrons. The summed E-state index contributed by atoms with van der Waals surface area (Å²) in [5, 5.41) is 9.51. The molecule has 0 aliphatic carbocycles. The number of fused-ring (bicyclic) bond motifs is 1. The number of hydrogen-bond acceptors (Lipinski definition) is 3. The van der Waals surface area contributed by atoms with Crippen molar-refractivity contribution in [1.29, 1.82) is 0 Å². The fourth-order valence-corrected chi connectivity index (χ4v) is 4.36. The molecule has 4 rings (SSSR count). The zero-order chi connectivity index (χ0) is 24.2. The number of aromatic nitrogens is 3. The lowest BCUT2D eigenvalue weighted by atomic mass is 9.99. The molecule has 2 heterocycles. The fraction of sp³-hybridized carbons (Fsp3) is 0.321. The summed E-state index contributed by atoms with van der Waals surface area (Å²) in [6.45, 7) is 7.60. The third kappa shape index (κ3) is 4.81. The van der Waals surface area contributed by atoms with Crippen LogP contribution in [0.2, 0.25) is 0 Å². The topological polar surface area (TPSA) is 77.1 Å². The van der Waals surface area contributed by atoms with Crippen LogP contribution in [0.15, 0.2) is 65.6 Å². The van der Waals surface area contributed by atoms with Crippen LogP contribution in [-0.2, 0) is 19.5 Å². The molecule has 0 fully saturated rings. The Morgan fingerprint density at radius 2 is 1.79 bits per heavy atom. The van der Waals surface area contributed by atoms with Gasteiger partial charge in [0.05, 0.1) is 17.6 Å². The molecule has 0 saturated carbocycles. The van der Waals surface area contributed by atoms with E-state index in [9.17, 15) is 14.7 Å². The molecule has 2 aromatic carbocycles. The molecule has 0 spiro atoms. The second kappa shape index (κ2) is 10.1. The molecule has 0 amide bonds. The summed E-state index contributed by atoms with van der Waals surface area (Å²) in [4.78, 5) is 30.1. The molecule has 0 bridgehead atoms. The zero-order valence-electron chi connectivity index (χ0n) is 20.0. The standard InChI is InChI=1S/C28H31N3O3/c1-4-5-10-25-29-24-15-16-30(17-19(2)3)26(24)27(32)31(25)18-20-11-13-21(14-12-20)22-8-6-7-9-23(22)28(33)34/h6-9,11-16,19H,4-5,10,17-18H2,1-3H3,(H,33,34). The van der Waals surface area contributed by atoms with Crippen molar-refractivity contribution in [1.82, 2.24) is 14.1 Å². The van der Waals surface area contributed by atoms with Crippen LogP contribution in [0.25, 0.3) is 22.2 Å². The van der Waals surface area contributed by atoms with Crippen molar-refractivity contribution in [3.8, 4) is 11.1 Å². The van der Waals surface area contributed by atoms with Gasteiger partial charge in [0.2, 0.25) is 0 Å². The van der Waals surface area contributed by atoms with Gasteiger partial charge in [-0.3, -0.25) is 9.36 Å². The van der Waals surface area contributed by atoms with E-state index in [1.54, 1.807) is 16.7 Å². The SMILES string of the molecule is CCCCc1nc2ccn(CC(C)C)c2c(=O)n1Cc1ccc(-c2ccccc2C(=O)O)cc1. The van der Waals surface area contributed by atoms with Gasteiger partial charge in [-0.2, -0.15) is 0 Å². The normalized spacial score (nSPS) is 11.4. The first kappa shape index (κ1) is 23.5. The van der Waals surface area contributed by atoms with E-state index in [1.807, 2.05) is 53.2 Å². The summed E-state index contributed by atoms with van der Waals surface area (Å²) in [6, 6.07) is 16.7. The molecule has 4 aromatic rings. The minimum atomic E-state index is -0.949. The highest BCUT2D eigenvalue weighted by atomic mass is 16.4. The molecule has 0 aliphatic rings. The summed E-state index contributed by atoms with van der Waals surface area (Å²) in [5.74, 6) is 0.280. The first-order valence-electron chi connectivity index (χ1n) is 11.9. The van der Waals surface area contributed by atoms with E-state index < -0.39 is 5.97 Å². The number of carboxylic acid groups (broad SMARTS) is 1. The molecule has 0 aliphatic heterocycles. The lowest BCUT2D eigenvalue weighted by molar-refractivity contribution is 0.0697. The highest BCUT2D eigenvalue weighted by Crippen LogP contribution is 2.24. The van der Waals surface area contributed by atoms with Crippen LogP contribution >= 0.6 is 0 Å². The van der Waals surface area contributed by atoms with Gasteiger partial charge in [-0.25, -0.2) is 9.78 Å². The predicted octanol–water partition coefficient (Wildman–Crippen LogP) is 5.61. The van der Waals surface area contributed by atoms with Gasteiger partial charge in [0.15, 0.2) is 0 Å². The quantitative estimate of drug-likeness (QED) is 0.354. The average molecular weight is 458 g/mol. The van der Waals surface area contributed by atoms with Gasteiger partial charge in [-0.1, -0.05) is 69.7 Å². The molecule has 0 unspecified atom stereocenters. The lowest BCUT2D eigenvalue weighted by Crippen LogP contribution is -2.27. The Labute approximate surface area is 199 Å². The van der Waals surface area contributed by atoms with Crippen LogP contribution in [0, 0.1) is 5.92 Å². The van der Waals surface area contributed by atoms with E-state index in [0.717, 1.165) is 48.3 Å². The Morgan fingerprint density at radius 3 is 2.47 bits per heavy atom. The maximum absolute atomic E-state index is 13.6. The monoisotopic (exact) mass is 457 g/mol. The van der Waals surface area contributed by atoms with Gasteiger partial charge in [0.1, 0.15) is 11.3 Å². The number of benzene rings is 2. The number of unbranched alkanes of at least 4 members (excludes halogenated alkanes) is 1. The van der Waals surface area contributed by atoms with Crippen molar-refractivity contribution in [3.05, 3.63) is 88.1 Å². The molecule has 2 aromatic heterocycles. The highest BCUT2D eigenvalue weighted by Gasteiger charge is 2.16. The molecule has 176 valence electrons. The maximum atomic E-state index is 13.6. The van der Waals surface area contributed by atoms with Crippen molar-refractivity contribution < 1.29 is 9.90 Å². The summed E-state index contributed by atoms with van der Waals surface area (Å²) < 4.78 is 3.82. The minimum absolute atomic E-state index is 0.0120. The zero-order valence-corrected chi connectivity index (χ0v) is 20.0. The van der Waals surface area contributed by atoms with E-state index in [-0.39, 0.29) is 11.1 Å². The fourth-order valence-electron chi connectivity index (χ4n) is 4.36. The average Bonchev–Trinajstić information content (AvgIpc) is 3.22. The molecule has 0 saturated heterocycles. The molecule has 6 nitrogen and oxygen atoms in total. The number of rotatable bonds is 9. The second-order valence-corrected chi connectivity index (χ2v) is 9.17. The van der Waals surface area contributed by atoms with Crippen molar-refractivity contribution in [2.75, 3.05) is 0 Å². The molecule has 1 N–H and O–H groups in total. The Morgan fingerprint density at radius 1 is 1.06 bits per heavy atom. The molecular weight excluding hydrogens is 426 g/mol. The first-order valence-corrected chi connectivity index (χ1v) is 11.9. The van der Waals surface area contributed by atoms with Gasteiger partial charge < -0.3 is 9.67 Å². The van der Waals surface area contributed by atoms with Gasteiger partial charge in [-0.15, -0.1) is 0 Å². The predicted molar refractivity (Wildman–Crippen MR) is 135 cm³/mol. The van der Waals surface area contributed by atoms with Gasteiger partial charge in [0, 0.05) is 19.2 Å². The highest BCUT2D eigenvalue weighted by molar-refractivity contribution is 5.96. The van der Waals surface area contributed by atoms with E-state index in [1.165, 1.54) is 0 Å². The number of carbonyl (C=O) groups is 1. The van der Waals surface area contributed by atoms with Gasteiger partial charge in [-0.05, 0) is 41.2 Å². The number of hydrogen-bond donors (Lipinski definition) is 1. The van der Waals surface area contributed by atoms with Gasteiger partial charge >= 0.3 is 5.97 Å². The smallest absolute Gasteiger partial charge is 0.336 e. The van der Waals surface area contributed by atoms with Crippen LogP contribution in [0.5, 0.6) is 0 Å². The number of aryl methyl sites for hydroxylation is 1. The molecule has 6 heteroatoms. The third-order valence-corrected chi connectivity index (χ3v) is 6.03. The van der Waals surface area contributed by atoms with Gasteiger partial charge in [0.25, 0.3) is 5.56 Å². The molecule has 0 atom stereocenters. The van der Waals surface area contributed by atoms with Crippen LogP contribution in [0.3, 0.4) is 0 Å². The van der Waals surface area contributed by atoms with Crippen molar-refractivity contribution >= 4 is 17.0 Å². The lowest BCUT2D eigenvalue weighted by Gasteiger charge is -2.15. The van der Waals surface area contributed by atoms with Crippen LogP contribution < -0.4 is 5.56 Å². The molecular formula is C28H31N3O3. The third-order valence-electron chi connectivity index (χ3n) is 6.03. The maximum Gasteiger partial charge on any atom is 0.336 e. The summed E-state index contributed by atoms with van der Waals surface area (Å²) in [5.41, 5.74) is 4.15. The first-order chi connectivity index (χ1) is 16.4. The Hall–Kier alpha value is -3.67. The van der Waals surface area contributed by atoms with Crippen LogP contribution in [0.1, 0.15) is 55.4 Å². The van der Waals surface area contributed by atoms with E-state index in [2.05, 4.69) is 20.8 Å².